The van der Waals surface area contributed by atoms with E-state index in [0.29, 0.717) is 0 Å². The summed E-state index contributed by atoms with van der Waals surface area (Å²) in [6.45, 7) is 3.53. The van der Waals surface area contributed by atoms with Crippen molar-refractivity contribution in [3.05, 3.63) is 47.2 Å². The Morgan fingerprint density at radius 1 is 1.36 bits per heavy atom. The molecule has 0 aliphatic heterocycles. The molecule has 6 nitrogen and oxygen atoms in total. The van der Waals surface area contributed by atoms with Gasteiger partial charge in [-0.3, -0.25) is 9.59 Å². The second-order valence-electron chi connectivity index (χ2n) is 4.73. The Morgan fingerprint density at radius 2 is 2.00 bits per heavy atom. The number of hydrogen-bond donors (Lipinski definition) is 3. The van der Waals surface area contributed by atoms with Crippen LogP contribution >= 0.6 is 0 Å². The van der Waals surface area contributed by atoms with Crippen molar-refractivity contribution in [2.75, 3.05) is 6.54 Å². The molecule has 116 valence electrons. The lowest BCUT2D eigenvalue weighted by Crippen LogP contribution is -2.29. The molecule has 3 N–H and O–H groups in total. The normalized spacial score (nSPS) is 12.1. The smallest absolute Gasteiger partial charge is 0.322 e. The maximum Gasteiger partial charge on any atom is 0.322 e. The molecule has 0 aliphatic rings. The molecule has 1 unspecified atom stereocenters. The number of nitriles is 1. The molecular weight excluding hydrogens is 282 g/mol. The zero-order chi connectivity index (χ0) is 16.5. The third-order valence-corrected chi connectivity index (χ3v) is 3.10. The minimum absolute atomic E-state index is 0.168. The van der Waals surface area contributed by atoms with Crippen LogP contribution in [0.4, 0.5) is 0 Å². The molecule has 0 bridgehead atoms. The van der Waals surface area contributed by atoms with Crippen molar-refractivity contribution in [1.82, 2.24) is 10.6 Å². The van der Waals surface area contributed by atoms with Crippen LogP contribution in [0.1, 0.15) is 31.0 Å². The van der Waals surface area contributed by atoms with Gasteiger partial charge in [0.05, 0.1) is 6.04 Å². The molecule has 0 radical (unpaired) electrons. The molecular formula is C16H19N3O3. The van der Waals surface area contributed by atoms with Crippen LogP contribution in [0.3, 0.4) is 0 Å². The van der Waals surface area contributed by atoms with E-state index in [0.717, 1.165) is 18.2 Å². The molecule has 1 amide bonds. The van der Waals surface area contributed by atoms with E-state index in [-0.39, 0.29) is 18.2 Å². The molecule has 0 aliphatic carbocycles. The fourth-order valence-corrected chi connectivity index (χ4v) is 1.79. The minimum Gasteiger partial charge on any atom is -0.480 e. The monoisotopic (exact) mass is 301 g/mol. The lowest BCUT2D eigenvalue weighted by atomic mass is 10.0. The largest absolute Gasteiger partial charge is 0.480 e. The van der Waals surface area contributed by atoms with Crippen molar-refractivity contribution in [1.29, 1.82) is 5.26 Å². The lowest BCUT2D eigenvalue weighted by Gasteiger charge is -2.14. The van der Waals surface area contributed by atoms with Crippen molar-refractivity contribution in [3.63, 3.8) is 0 Å². The SMILES string of the molecule is CCc1ccc(C(C)NC(=O)/C(C#N)=C\NCC(=O)O)cc1. The Labute approximate surface area is 129 Å². The quantitative estimate of drug-likeness (QED) is 0.523. The summed E-state index contributed by atoms with van der Waals surface area (Å²) < 4.78 is 0. The molecule has 0 saturated carbocycles. The first kappa shape index (κ1) is 17.2. The van der Waals surface area contributed by atoms with Crippen LogP contribution in [0.2, 0.25) is 0 Å². The van der Waals surface area contributed by atoms with E-state index in [1.807, 2.05) is 31.2 Å². The van der Waals surface area contributed by atoms with E-state index >= 15 is 0 Å². The predicted octanol–water partition coefficient (Wildman–Crippen LogP) is 1.51. The highest BCUT2D eigenvalue weighted by molar-refractivity contribution is 5.97. The van der Waals surface area contributed by atoms with E-state index in [1.54, 1.807) is 6.07 Å². The van der Waals surface area contributed by atoms with E-state index < -0.39 is 11.9 Å². The molecule has 0 saturated heterocycles. The maximum atomic E-state index is 12.0. The molecule has 1 aromatic rings. The molecule has 0 spiro atoms. The van der Waals surface area contributed by atoms with Crippen LogP contribution in [0.25, 0.3) is 0 Å². The lowest BCUT2D eigenvalue weighted by molar-refractivity contribution is -0.135. The first-order valence-electron chi connectivity index (χ1n) is 6.93. The summed E-state index contributed by atoms with van der Waals surface area (Å²) in [7, 11) is 0. The zero-order valence-corrected chi connectivity index (χ0v) is 12.6. The zero-order valence-electron chi connectivity index (χ0n) is 12.6. The van der Waals surface area contributed by atoms with E-state index in [4.69, 9.17) is 10.4 Å². The van der Waals surface area contributed by atoms with Gasteiger partial charge in [-0.2, -0.15) is 5.26 Å². The van der Waals surface area contributed by atoms with Gasteiger partial charge in [-0.25, -0.2) is 0 Å². The summed E-state index contributed by atoms with van der Waals surface area (Å²) in [4.78, 5) is 22.3. The van der Waals surface area contributed by atoms with Gasteiger partial charge in [0.25, 0.3) is 5.91 Å². The Hall–Kier alpha value is -2.81. The van der Waals surface area contributed by atoms with Gasteiger partial charge in [0.2, 0.25) is 0 Å². The number of hydrogen-bond acceptors (Lipinski definition) is 4. The molecule has 1 rings (SSSR count). The minimum atomic E-state index is -1.07. The number of rotatable bonds is 7. The van der Waals surface area contributed by atoms with Crippen LogP contribution in [0.15, 0.2) is 36.0 Å². The van der Waals surface area contributed by atoms with Crippen LogP contribution in [0, 0.1) is 11.3 Å². The number of nitrogens with zero attached hydrogens (tertiary/aromatic N) is 1. The second-order valence-corrected chi connectivity index (χ2v) is 4.73. The van der Waals surface area contributed by atoms with E-state index in [2.05, 4.69) is 17.6 Å². The van der Waals surface area contributed by atoms with Crippen molar-refractivity contribution >= 4 is 11.9 Å². The van der Waals surface area contributed by atoms with E-state index in [9.17, 15) is 9.59 Å². The summed E-state index contributed by atoms with van der Waals surface area (Å²) >= 11 is 0. The van der Waals surface area contributed by atoms with Crippen LogP contribution in [-0.2, 0) is 16.0 Å². The first-order chi connectivity index (χ1) is 10.5. The van der Waals surface area contributed by atoms with Gasteiger partial charge in [-0.15, -0.1) is 0 Å². The molecule has 6 heteroatoms. The predicted molar refractivity (Wildman–Crippen MR) is 81.7 cm³/mol. The van der Waals surface area contributed by atoms with Crippen LogP contribution in [0.5, 0.6) is 0 Å². The fraction of sp³-hybridized carbons (Fsp3) is 0.312. The Balaban J connectivity index is 2.68. The number of amides is 1. The van der Waals surface area contributed by atoms with Crippen molar-refractivity contribution < 1.29 is 14.7 Å². The summed E-state index contributed by atoms with van der Waals surface area (Å²) in [5.74, 6) is -1.62. The van der Waals surface area contributed by atoms with Crippen molar-refractivity contribution in [2.45, 2.75) is 26.3 Å². The van der Waals surface area contributed by atoms with Gasteiger partial charge in [-0.1, -0.05) is 31.2 Å². The number of benzene rings is 1. The molecule has 0 aromatic heterocycles. The Morgan fingerprint density at radius 3 is 2.50 bits per heavy atom. The van der Waals surface area contributed by atoms with Gasteiger partial charge < -0.3 is 15.7 Å². The number of aryl methyl sites for hydroxylation is 1. The summed E-state index contributed by atoms with van der Waals surface area (Å²) in [6.07, 6.45) is 2.05. The number of nitrogens with one attached hydrogen (secondary N) is 2. The Kier molecular flexibility index (Phi) is 6.64. The summed E-state index contributed by atoms with van der Waals surface area (Å²) in [5, 5.41) is 22.6. The summed E-state index contributed by atoms with van der Waals surface area (Å²) in [5.41, 5.74) is 1.97. The maximum absolute atomic E-state index is 12.0. The topological polar surface area (TPSA) is 102 Å². The highest BCUT2D eigenvalue weighted by Gasteiger charge is 2.13. The van der Waals surface area contributed by atoms with Gasteiger partial charge in [0.1, 0.15) is 18.2 Å². The van der Waals surface area contributed by atoms with Gasteiger partial charge in [-0.05, 0) is 24.5 Å². The Bertz CT molecular complexity index is 600. The first-order valence-corrected chi connectivity index (χ1v) is 6.93. The molecule has 1 atom stereocenters. The standard InChI is InChI=1S/C16H19N3O3/c1-3-12-4-6-13(7-5-12)11(2)19-16(22)14(8-17)9-18-10-15(20)21/h4-7,9,11,18H,3,10H2,1-2H3,(H,19,22)(H,20,21)/b14-9-. The van der Waals surface area contributed by atoms with Crippen LogP contribution in [-0.4, -0.2) is 23.5 Å². The molecule has 0 fully saturated rings. The highest BCUT2D eigenvalue weighted by atomic mass is 16.4. The molecule has 0 heterocycles. The highest BCUT2D eigenvalue weighted by Crippen LogP contribution is 2.14. The third-order valence-electron chi connectivity index (χ3n) is 3.10. The van der Waals surface area contributed by atoms with Crippen LogP contribution < -0.4 is 10.6 Å². The van der Waals surface area contributed by atoms with Crippen molar-refractivity contribution in [2.24, 2.45) is 0 Å². The number of aliphatic carboxylic acids is 1. The van der Waals surface area contributed by atoms with Gasteiger partial charge >= 0.3 is 5.97 Å². The van der Waals surface area contributed by atoms with Gasteiger partial charge in [0, 0.05) is 6.20 Å². The fourth-order valence-electron chi connectivity index (χ4n) is 1.79. The average Bonchev–Trinajstić information content (AvgIpc) is 2.51. The number of carboxylic acid groups (broad SMARTS) is 1. The average molecular weight is 301 g/mol. The number of carboxylic acids is 1. The number of carbonyl (C=O) groups excluding carboxylic acids is 1. The molecule has 1 aromatic carbocycles. The van der Waals surface area contributed by atoms with E-state index in [1.165, 1.54) is 5.56 Å². The molecule has 22 heavy (non-hydrogen) atoms. The summed E-state index contributed by atoms with van der Waals surface area (Å²) in [6, 6.07) is 9.34. The van der Waals surface area contributed by atoms with Gasteiger partial charge in [0.15, 0.2) is 0 Å². The van der Waals surface area contributed by atoms with Crippen molar-refractivity contribution in [3.8, 4) is 6.07 Å². The third kappa shape index (κ3) is 5.29. The second kappa shape index (κ2) is 8.47. The number of carbonyl (C=O) groups is 2.